The molecule has 0 bridgehead atoms. The summed E-state index contributed by atoms with van der Waals surface area (Å²) in [7, 11) is 6.41. The fourth-order valence-corrected chi connectivity index (χ4v) is 2.47. The molecule has 2 rings (SSSR count). The first kappa shape index (κ1) is 19.4. The molecule has 0 unspecified atom stereocenters. The van der Waals surface area contributed by atoms with Crippen molar-refractivity contribution in [3.05, 3.63) is 53.3 Å². The van der Waals surface area contributed by atoms with Crippen molar-refractivity contribution >= 4 is 5.96 Å². The van der Waals surface area contributed by atoms with E-state index in [1.165, 1.54) is 6.07 Å². The summed E-state index contributed by atoms with van der Waals surface area (Å²) >= 11 is 0. The summed E-state index contributed by atoms with van der Waals surface area (Å²) in [5.74, 6) is 2.20. The Morgan fingerprint density at radius 3 is 2.12 bits per heavy atom. The minimum absolute atomic E-state index is 0.256. The Morgan fingerprint density at radius 1 is 0.962 bits per heavy atom. The molecule has 0 heterocycles. The van der Waals surface area contributed by atoms with Crippen LogP contribution in [-0.4, -0.2) is 34.3 Å². The van der Waals surface area contributed by atoms with Gasteiger partial charge < -0.3 is 24.8 Å². The highest BCUT2D eigenvalue weighted by atomic mass is 19.1. The van der Waals surface area contributed by atoms with E-state index < -0.39 is 0 Å². The van der Waals surface area contributed by atoms with E-state index in [-0.39, 0.29) is 5.82 Å². The summed E-state index contributed by atoms with van der Waals surface area (Å²) in [6.07, 6.45) is 0. The van der Waals surface area contributed by atoms with Crippen molar-refractivity contribution in [3.63, 3.8) is 0 Å². The van der Waals surface area contributed by atoms with Crippen LogP contribution < -0.4 is 24.8 Å². The van der Waals surface area contributed by atoms with Crippen LogP contribution in [0, 0.1) is 5.82 Å². The minimum Gasteiger partial charge on any atom is -0.496 e. The zero-order valence-corrected chi connectivity index (χ0v) is 15.4. The molecule has 0 aliphatic heterocycles. The molecule has 0 aromatic heterocycles. The number of nitrogens with zero attached hydrogens (tertiary/aromatic N) is 1. The Morgan fingerprint density at radius 2 is 1.58 bits per heavy atom. The fourth-order valence-electron chi connectivity index (χ4n) is 2.47. The van der Waals surface area contributed by atoms with Crippen LogP contribution in [0.5, 0.6) is 17.2 Å². The predicted molar refractivity (Wildman–Crippen MR) is 99.5 cm³/mol. The fraction of sp³-hybridized carbons (Fsp3) is 0.316. The van der Waals surface area contributed by atoms with E-state index in [1.807, 2.05) is 0 Å². The summed E-state index contributed by atoms with van der Waals surface area (Å²) in [6, 6.07) is 10.2. The summed E-state index contributed by atoms with van der Waals surface area (Å²) in [5, 5.41) is 6.26. The monoisotopic (exact) mass is 361 g/mol. The van der Waals surface area contributed by atoms with Gasteiger partial charge in [0, 0.05) is 31.3 Å². The highest BCUT2D eigenvalue weighted by molar-refractivity contribution is 5.79. The third-order valence-corrected chi connectivity index (χ3v) is 3.88. The average molecular weight is 361 g/mol. The third kappa shape index (κ3) is 4.78. The van der Waals surface area contributed by atoms with Crippen molar-refractivity contribution in [3.8, 4) is 17.2 Å². The number of guanidine groups is 1. The van der Waals surface area contributed by atoms with Gasteiger partial charge in [-0.1, -0.05) is 18.2 Å². The van der Waals surface area contributed by atoms with Crippen LogP contribution in [0.4, 0.5) is 4.39 Å². The maximum Gasteiger partial charge on any atom is 0.191 e. The van der Waals surface area contributed by atoms with E-state index in [0.29, 0.717) is 41.9 Å². The number of hydrogen-bond acceptors (Lipinski definition) is 4. The third-order valence-electron chi connectivity index (χ3n) is 3.88. The van der Waals surface area contributed by atoms with E-state index in [2.05, 4.69) is 15.6 Å². The largest absolute Gasteiger partial charge is 0.496 e. The van der Waals surface area contributed by atoms with Gasteiger partial charge >= 0.3 is 0 Å². The molecule has 2 aromatic carbocycles. The second-order valence-electron chi connectivity index (χ2n) is 5.38. The molecule has 140 valence electrons. The molecule has 2 aromatic rings. The standard InChI is InChI=1S/C19H24FN3O3/c1-21-19(22-11-13-7-5-6-8-16(13)20)23-12-15-17(25-3)9-14(24-2)10-18(15)26-4/h5-10H,11-12H2,1-4H3,(H2,21,22,23). The Balaban J connectivity index is 2.07. The van der Waals surface area contributed by atoms with Gasteiger partial charge in [-0.2, -0.15) is 0 Å². The summed E-state index contributed by atoms with van der Waals surface area (Å²) in [4.78, 5) is 4.16. The minimum atomic E-state index is -0.256. The van der Waals surface area contributed by atoms with Crippen LogP contribution in [0.3, 0.4) is 0 Å². The van der Waals surface area contributed by atoms with Gasteiger partial charge in [-0.3, -0.25) is 4.99 Å². The van der Waals surface area contributed by atoms with E-state index >= 15 is 0 Å². The number of methoxy groups -OCH3 is 3. The van der Waals surface area contributed by atoms with E-state index in [0.717, 1.165) is 5.56 Å². The first-order valence-corrected chi connectivity index (χ1v) is 8.09. The van der Waals surface area contributed by atoms with Gasteiger partial charge in [-0.25, -0.2) is 4.39 Å². The van der Waals surface area contributed by atoms with Gasteiger partial charge in [0.2, 0.25) is 0 Å². The lowest BCUT2D eigenvalue weighted by molar-refractivity contribution is 0.368. The second kappa shape index (κ2) is 9.50. The quantitative estimate of drug-likeness (QED) is 0.586. The first-order chi connectivity index (χ1) is 12.6. The van der Waals surface area contributed by atoms with Crippen LogP contribution in [0.1, 0.15) is 11.1 Å². The van der Waals surface area contributed by atoms with Crippen LogP contribution in [-0.2, 0) is 13.1 Å². The molecule has 2 N–H and O–H groups in total. The van der Waals surface area contributed by atoms with Crippen molar-refractivity contribution in [1.82, 2.24) is 10.6 Å². The Bertz CT molecular complexity index is 740. The zero-order valence-electron chi connectivity index (χ0n) is 15.4. The number of aliphatic imine (C=N–C) groups is 1. The molecule has 0 amide bonds. The normalized spacial score (nSPS) is 11.0. The molecule has 0 saturated heterocycles. The summed E-state index contributed by atoms with van der Waals surface area (Å²) < 4.78 is 29.8. The van der Waals surface area contributed by atoms with Gasteiger partial charge in [-0.15, -0.1) is 0 Å². The van der Waals surface area contributed by atoms with Crippen molar-refractivity contribution in [1.29, 1.82) is 0 Å². The first-order valence-electron chi connectivity index (χ1n) is 8.09. The lowest BCUT2D eigenvalue weighted by Gasteiger charge is -2.17. The topological polar surface area (TPSA) is 64.1 Å². The van der Waals surface area contributed by atoms with Gasteiger partial charge in [-0.05, 0) is 6.07 Å². The second-order valence-corrected chi connectivity index (χ2v) is 5.38. The Hall–Kier alpha value is -2.96. The highest BCUT2D eigenvalue weighted by Crippen LogP contribution is 2.33. The molecular formula is C19H24FN3O3. The number of hydrogen-bond donors (Lipinski definition) is 2. The molecule has 6 nitrogen and oxygen atoms in total. The van der Waals surface area contributed by atoms with Gasteiger partial charge in [0.05, 0.1) is 33.4 Å². The average Bonchev–Trinajstić information content (AvgIpc) is 2.68. The molecule has 0 saturated carbocycles. The number of benzene rings is 2. The van der Waals surface area contributed by atoms with E-state index in [9.17, 15) is 4.39 Å². The smallest absolute Gasteiger partial charge is 0.191 e. The molecule has 26 heavy (non-hydrogen) atoms. The maximum atomic E-state index is 13.7. The summed E-state index contributed by atoms with van der Waals surface area (Å²) in [6.45, 7) is 0.733. The highest BCUT2D eigenvalue weighted by Gasteiger charge is 2.14. The lowest BCUT2D eigenvalue weighted by atomic mass is 10.1. The number of ether oxygens (including phenoxy) is 3. The SMILES string of the molecule is CN=C(NCc1ccccc1F)NCc1c(OC)cc(OC)cc1OC. The van der Waals surface area contributed by atoms with Crippen LogP contribution >= 0.6 is 0 Å². The molecule has 0 radical (unpaired) electrons. The molecule has 0 aliphatic carbocycles. The Labute approximate surface area is 153 Å². The molecule has 0 aliphatic rings. The molecule has 0 atom stereocenters. The number of rotatable bonds is 7. The van der Waals surface area contributed by atoms with Crippen LogP contribution in [0.2, 0.25) is 0 Å². The zero-order chi connectivity index (χ0) is 18.9. The van der Waals surface area contributed by atoms with Crippen molar-refractivity contribution in [2.24, 2.45) is 4.99 Å². The van der Waals surface area contributed by atoms with Crippen molar-refractivity contribution in [2.75, 3.05) is 28.4 Å². The molecule has 7 heteroatoms. The van der Waals surface area contributed by atoms with Crippen molar-refractivity contribution in [2.45, 2.75) is 13.1 Å². The molecular weight excluding hydrogens is 337 g/mol. The van der Waals surface area contributed by atoms with Gasteiger partial charge in [0.15, 0.2) is 5.96 Å². The molecule has 0 fully saturated rings. The lowest BCUT2D eigenvalue weighted by Crippen LogP contribution is -2.36. The molecule has 0 spiro atoms. The Kier molecular flexibility index (Phi) is 7.08. The van der Waals surface area contributed by atoms with Crippen LogP contribution in [0.25, 0.3) is 0 Å². The maximum absolute atomic E-state index is 13.7. The van der Waals surface area contributed by atoms with Gasteiger partial charge in [0.25, 0.3) is 0 Å². The predicted octanol–water partition coefficient (Wildman–Crippen LogP) is 2.72. The van der Waals surface area contributed by atoms with Crippen molar-refractivity contribution < 1.29 is 18.6 Å². The van der Waals surface area contributed by atoms with Gasteiger partial charge in [0.1, 0.15) is 23.1 Å². The summed E-state index contributed by atoms with van der Waals surface area (Å²) in [5.41, 5.74) is 1.39. The van der Waals surface area contributed by atoms with E-state index in [1.54, 1.807) is 58.7 Å². The van der Waals surface area contributed by atoms with E-state index in [4.69, 9.17) is 14.2 Å². The van der Waals surface area contributed by atoms with Crippen LogP contribution in [0.15, 0.2) is 41.4 Å². The number of nitrogens with one attached hydrogen (secondary N) is 2. The number of halogens is 1.